The van der Waals surface area contributed by atoms with Crippen LogP contribution in [0.2, 0.25) is 0 Å². The van der Waals surface area contributed by atoms with Crippen LogP contribution in [0.25, 0.3) is 0 Å². The van der Waals surface area contributed by atoms with Gasteiger partial charge in [0.05, 0.1) is 17.1 Å². The maximum atomic E-state index is 12.6. The molecule has 0 amide bonds. The van der Waals surface area contributed by atoms with E-state index in [1.807, 2.05) is 6.92 Å². The molecular weight excluding hydrogens is 346 g/mol. The first-order valence-electron chi connectivity index (χ1n) is 7.83. The Morgan fingerprint density at radius 2 is 1.96 bits per heavy atom. The van der Waals surface area contributed by atoms with E-state index in [-0.39, 0.29) is 11.5 Å². The van der Waals surface area contributed by atoms with Crippen molar-refractivity contribution >= 4 is 32.3 Å². The van der Waals surface area contributed by atoms with Gasteiger partial charge >= 0.3 is 5.97 Å². The summed E-state index contributed by atoms with van der Waals surface area (Å²) in [5.74, 6) is -0.460. The standard InChI is InChI=1S/C17H19NO4S2/c1-3-22-17(19)15-13-5-4-6-14(13)23-16(15)18-24(20,21)12-9-7-11(2)8-10-12/h7-10,18H,3-6H2,1-2H3. The first-order valence-corrected chi connectivity index (χ1v) is 10.1. The Morgan fingerprint density at radius 1 is 1.25 bits per heavy atom. The number of fused-ring (bicyclic) bond motifs is 1. The van der Waals surface area contributed by atoms with E-state index in [9.17, 15) is 13.2 Å². The average molecular weight is 365 g/mol. The second-order valence-electron chi connectivity index (χ2n) is 5.70. The van der Waals surface area contributed by atoms with E-state index in [1.54, 1.807) is 31.2 Å². The highest BCUT2D eigenvalue weighted by Gasteiger charge is 2.29. The van der Waals surface area contributed by atoms with Gasteiger partial charge in [0.2, 0.25) is 0 Å². The quantitative estimate of drug-likeness (QED) is 0.823. The van der Waals surface area contributed by atoms with Gasteiger partial charge in [0.15, 0.2) is 0 Å². The van der Waals surface area contributed by atoms with Crippen LogP contribution in [0.15, 0.2) is 29.2 Å². The van der Waals surface area contributed by atoms with Crippen LogP contribution in [0.5, 0.6) is 0 Å². The zero-order chi connectivity index (χ0) is 17.3. The zero-order valence-electron chi connectivity index (χ0n) is 13.6. The number of aryl methyl sites for hydroxylation is 2. The molecular formula is C17H19NO4S2. The Bertz CT molecular complexity index is 867. The Hall–Kier alpha value is -1.86. The van der Waals surface area contributed by atoms with Crippen molar-refractivity contribution in [1.82, 2.24) is 0 Å². The van der Waals surface area contributed by atoms with Gasteiger partial charge in [-0.2, -0.15) is 0 Å². The van der Waals surface area contributed by atoms with Crippen molar-refractivity contribution in [3.63, 3.8) is 0 Å². The van der Waals surface area contributed by atoms with Crippen LogP contribution in [-0.2, 0) is 27.6 Å². The summed E-state index contributed by atoms with van der Waals surface area (Å²) < 4.78 is 32.9. The van der Waals surface area contributed by atoms with E-state index < -0.39 is 16.0 Å². The van der Waals surface area contributed by atoms with E-state index in [4.69, 9.17) is 4.74 Å². The molecule has 0 bridgehead atoms. The molecule has 1 aromatic carbocycles. The number of ether oxygens (including phenoxy) is 1. The summed E-state index contributed by atoms with van der Waals surface area (Å²) in [6.07, 6.45) is 2.64. The lowest BCUT2D eigenvalue weighted by Gasteiger charge is -2.10. The van der Waals surface area contributed by atoms with Crippen LogP contribution in [0.3, 0.4) is 0 Å². The molecule has 0 unspecified atom stereocenters. The smallest absolute Gasteiger partial charge is 0.341 e. The summed E-state index contributed by atoms with van der Waals surface area (Å²) >= 11 is 1.34. The molecule has 0 spiro atoms. The molecule has 1 aromatic heterocycles. The summed E-state index contributed by atoms with van der Waals surface area (Å²) in [6, 6.07) is 6.61. The molecule has 1 aliphatic rings. The Balaban J connectivity index is 1.98. The third kappa shape index (κ3) is 3.18. The third-order valence-corrected chi connectivity index (χ3v) is 6.66. The zero-order valence-corrected chi connectivity index (χ0v) is 15.2. The fourth-order valence-electron chi connectivity index (χ4n) is 2.79. The Labute approximate surface area is 145 Å². The lowest BCUT2D eigenvalue weighted by atomic mass is 10.1. The number of benzene rings is 1. The summed E-state index contributed by atoms with van der Waals surface area (Å²) in [5.41, 5.74) is 2.29. The molecule has 0 fully saturated rings. The first-order chi connectivity index (χ1) is 11.4. The van der Waals surface area contributed by atoms with Gasteiger partial charge in [0, 0.05) is 4.88 Å². The number of hydrogen-bond donors (Lipinski definition) is 1. The molecule has 0 saturated carbocycles. The number of rotatable bonds is 5. The number of nitrogens with one attached hydrogen (secondary N) is 1. The van der Waals surface area contributed by atoms with Crippen LogP contribution in [0, 0.1) is 6.92 Å². The van der Waals surface area contributed by atoms with Gasteiger partial charge < -0.3 is 4.74 Å². The average Bonchev–Trinajstić information content (AvgIpc) is 3.07. The normalized spacial score (nSPS) is 13.6. The van der Waals surface area contributed by atoms with Crippen LogP contribution in [0.4, 0.5) is 5.00 Å². The van der Waals surface area contributed by atoms with Crippen LogP contribution in [0.1, 0.15) is 39.7 Å². The van der Waals surface area contributed by atoms with Crippen LogP contribution >= 0.6 is 11.3 Å². The van der Waals surface area contributed by atoms with Crippen molar-refractivity contribution in [3.05, 3.63) is 45.8 Å². The lowest BCUT2D eigenvalue weighted by molar-refractivity contribution is 0.0527. The second kappa shape index (κ2) is 6.57. The van der Waals surface area contributed by atoms with Gasteiger partial charge in [-0.1, -0.05) is 17.7 Å². The van der Waals surface area contributed by atoms with E-state index in [0.717, 1.165) is 35.3 Å². The van der Waals surface area contributed by atoms with Crippen molar-refractivity contribution in [2.45, 2.75) is 38.0 Å². The first kappa shape index (κ1) is 17.0. The highest BCUT2D eigenvalue weighted by molar-refractivity contribution is 7.93. The number of carbonyl (C=O) groups excluding carboxylic acids is 1. The fourth-order valence-corrected chi connectivity index (χ4v) is 5.38. The number of esters is 1. The SMILES string of the molecule is CCOC(=O)c1c(NS(=O)(=O)c2ccc(C)cc2)sc2c1CCC2. The van der Waals surface area contributed by atoms with Gasteiger partial charge in [-0.05, 0) is 50.8 Å². The van der Waals surface area contributed by atoms with Gasteiger partial charge in [-0.15, -0.1) is 11.3 Å². The second-order valence-corrected chi connectivity index (χ2v) is 8.49. The predicted octanol–water partition coefficient (Wildman–Crippen LogP) is 3.52. The molecule has 2 aromatic rings. The van der Waals surface area contributed by atoms with Crippen molar-refractivity contribution in [3.8, 4) is 0 Å². The molecule has 24 heavy (non-hydrogen) atoms. The molecule has 128 valence electrons. The minimum absolute atomic E-state index is 0.177. The monoisotopic (exact) mass is 365 g/mol. The largest absolute Gasteiger partial charge is 0.462 e. The summed E-state index contributed by atoms with van der Waals surface area (Å²) in [5, 5.41) is 0.360. The van der Waals surface area contributed by atoms with E-state index in [1.165, 1.54) is 11.3 Å². The molecule has 1 N–H and O–H groups in total. The van der Waals surface area contributed by atoms with Crippen molar-refractivity contribution in [1.29, 1.82) is 0 Å². The molecule has 7 heteroatoms. The molecule has 0 saturated heterocycles. The summed E-state index contributed by atoms with van der Waals surface area (Å²) in [6.45, 7) is 3.89. The Kier molecular flexibility index (Phi) is 4.64. The number of hydrogen-bond acceptors (Lipinski definition) is 5. The summed E-state index contributed by atoms with van der Waals surface area (Å²) in [7, 11) is -3.74. The molecule has 0 aliphatic heterocycles. The highest BCUT2D eigenvalue weighted by atomic mass is 32.2. The third-order valence-electron chi connectivity index (χ3n) is 3.96. The van der Waals surface area contributed by atoms with Crippen LogP contribution < -0.4 is 4.72 Å². The molecule has 3 rings (SSSR count). The van der Waals surface area contributed by atoms with Gasteiger partial charge in [-0.25, -0.2) is 13.2 Å². The maximum absolute atomic E-state index is 12.6. The summed E-state index contributed by atoms with van der Waals surface area (Å²) in [4.78, 5) is 13.5. The van der Waals surface area contributed by atoms with E-state index in [0.29, 0.717) is 10.6 Å². The minimum atomic E-state index is -3.74. The minimum Gasteiger partial charge on any atom is -0.462 e. The maximum Gasteiger partial charge on any atom is 0.341 e. The van der Waals surface area contributed by atoms with Gasteiger partial charge in [0.25, 0.3) is 10.0 Å². The lowest BCUT2D eigenvalue weighted by Crippen LogP contribution is -2.15. The van der Waals surface area contributed by atoms with Crippen molar-refractivity contribution < 1.29 is 17.9 Å². The number of sulfonamides is 1. The molecule has 0 atom stereocenters. The fraction of sp³-hybridized carbons (Fsp3) is 0.353. The van der Waals surface area contributed by atoms with Crippen molar-refractivity contribution in [2.24, 2.45) is 0 Å². The molecule has 0 radical (unpaired) electrons. The van der Waals surface area contributed by atoms with Gasteiger partial charge in [-0.3, -0.25) is 4.72 Å². The predicted molar refractivity (Wildman–Crippen MR) is 94.3 cm³/mol. The van der Waals surface area contributed by atoms with Crippen molar-refractivity contribution in [2.75, 3.05) is 11.3 Å². The van der Waals surface area contributed by atoms with E-state index in [2.05, 4.69) is 4.72 Å². The topological polar surface area (TPSA) is 72.5 Å². The molecule has 1 heterocycles. The molecule has 1 aliphatic carbocycles. The highest BCUT2D eigenvalue weighted by Crippen LogP contribution is 2.40. The number of carbonyl (C=O) groups is 1. The molecule has 5 nitrogen and oxygen atoms in total. The van der Waals surface area contributed by atoms with E-state index >= 15 is 0 Å². The number of thiophene rings is 1. The number of anilines is 1. The Morgan fingerprint density at radius 3 is 2.62 bits per heavy atom. The van der Waals surface area contributed by atoms with Gasteiger partial charge in [0.1, 0.15) is 5.00 Å². The van der Waals surface area contributed by atoms with Crippen LogP contribution in [-0.4, -0.2) is 21.0 Å².